The smallest absolute Gasteiger partial charge is 0.145 e. The van der Waals surface area contributed by atoms with Crippen molar-refractivity contribution in [1.82, 2.24) is 34.9 Å². The van der Waals surface area contributed by atoms with Gasteiger partial charge >= 0.3 is 0 Å². The lowest BCUT2D eigenvalue weighted by Gasteiger charge is -2.11. The highest BCUT2D eigenvalue weighted by Crippen LogP contribution is 2.40. The van der Waals surface area contributed by atoms with Crippen LogP contribution in [0.3, 0.4) is 0 Å². The molecule has 0 aliphatic rings. The maximum absolute atomic E-state index is 5.78. The summed E-state index contributed by atoms with van der Waals surface area (Å²) >= 11 is 0. The lowest BCUT2D eigenvalue weighted by atomic mass is 10.0. The van der Waals surface area contributed by atoms with Crippen molar-refractivity contribution in [3.8, 4) is 16.9 Å². The van der Waals surface area contributed by atoms with Crippen LogP contribution in [0.15, 0.2) is 18.2 Å². The average Bonchev–Trinajstić information content (AvgIpc) is 3.34. The minimum atomic E-state index is 0.675. The van der Waals surface area contributed by atoms with Gasteiger partial charge in [0.05, 0.1) is 23.9 Å². The molecule has 0 atom stereocenters. The molecule has 0 radical (unpaired) electrons. The highest BCUT2D eigenvalue weighted by atomic mass is 16.5. The highest BCUT2D eigenvalue weighted by Gasteiger charge is 2.20. The van der Waals surface area contributed by atoms with Crippen LogP contribution in [-0.2, 0) is 7.05 Å². The van der Waals surface area contributed by atoms with Crippen LogP contribution in [0.4, 0.5) is 11.6 Å². The standard InChI is InChI=1S/C22H24N8O/c1-10-7-18(30(5)29-10)26-22-20-14-9-17(31-6)15(19-11(2)27-28-12(19)3)8-16(14)25-21(20)23-13(4)24-22/h7-9H,1-6H3,(H,27,28)(H2,23,24,25,26). The molecule has 158 valence electrons. The number of benzene rings is 1. The van der Waals surface area contributed by atoms with E-state index in [-0.39, 0.29) is 0 Å². The molecule has 0 saturated heterocycles. The first-order chi connectivity index (χ1) is 14.9. The summed E-state index contributed by atoms with van der Waals surface area (Å²) in [5.41, 5.74) is 6.60. The van der Waals surface area contributed by atoms with Gasteiger partial charge < -0.3 is 15.0 Å². The fraction of sp³-hybridized carbons (Fsp3) is 0.273. The van der Waals surface area contributed by atoms with Crippen LogP contribution in [0.2, 0.25) is 0 Å². The van der Waals surface area contributed by atoms with Gasteiger partial charge in [0, 0.05) is 40.8 Å². The summed E-state index contributed by atoms with van der Waals surface area (Å²) in [4.78, 5) is 12.8. The van der Waals surface area contributed by atoms with Crippen molar-refractivity contribution in [2.45, 2.75) is 27.7 Å². The number of aromatic amines is 2. The zero-order chi connectivity index (χ0) is 21.9. The number of nitrogens with zero attached hydrogens (tertiary/aromatic N) is 5. The normalized spacial score (nSPS) is 11.5. The van der Waals surface area contributed by atoms with E-state index in [1.54, 1.807) is 11.8 Å². The number of rotatable bonds is 4. The SMILES string of the molecule is COc1cc2c(cc1-c1c(C)n[nH]c1C)[nH]c1nc(C)nc(Nc3cc(C)nn3C)c12. The highest BCUT2D eigenvalue weighted by molar-refractivity contribution is 6.13. The summed E-state index contributed by atoms with van der Waals surface area (Å²) in [7, 11) is 3.59. The summed E-state index contributed by atoms with van der Waals surface area (Å²) in [6.45, 7) is 7.84. The van der Waals surface area contributed by atoms with Crippen molar-refractivity contribution >= 4 is 33.6 Å². The number of anilines is 2. The first-order valence-electron chi connectivity index (χ1n) is 10.0. The van der Waals surface area contributed by atoms with E-state index in [1.165, 1.54) is 0 Å². The third-order valence-electron chi connectivity index (χ3n) is 5.53. The van der Waals surface area contributed by atoms with Crippen LogP contribution in [0.5, 0.6) is 5.75 Å². The number of methoxy groups -OCH3 is 1. The molecule has 5 rings (SSSR count). The number of ether oxygens (including phenoxy) is 1. The summed E-state index contributed by atoms with van der Waals surface area (Å²) in [6.07, 6.45) is 0. The average molecular weight is 416 g/mol. The predicted molar refractivity (Wildman–Crippen MR) is 121 cm³/mol. The fourth-order valence-corrected chi connectivity index (χ4v) is 4.19. The van der Waals surface area contributed by atoms with Gasteiger partial charge in [-0.05, 0) is 39.8 Å². The number of aryl methyl sites for hydroxylation is 5. The maximum atomic E-state index is 5.78. The molecule has 9 nitrogen and oxygen atoms in total. The Morgan fingerprint density at radius 1 is 1.06 bits per heavy atom. The summed E-state index contributed by atoms with van der Waals surface area (Å²) in [6, 6.07) is 6.11. The number of fused-ring (bicyclic) bond motifs is 3. The Kier molecular flexibility index (Phi) is 4.21. The van der Waals surface area contributed by atoms with Gasteiger partial charge in [0.15, 0.2) is 0 Å². The second-order valence-corrected chi connectivity index (χ2v) is 7.79. The Bertz CT molecular complexity index is 1440. The molecule has 4 heterocycles. The Morgan fingerprint density at radius 2 is 1.87 bits per heavy atom. The van der Waals surface area contributed by atoms with Gasteiger partial charge in [0.25, 0.3) is 0 Å². The van der Waals surface area contributed by atoms with E-state index in [2.05, 4.69) is 41.6 Å². The number of hydrogen-bond donors (Lipinski definition) is 3. The number of nitrogens with one attached hydrogen (secondary N) is 3. The Labute approximate surface area is 178 Å². The van der Waals surface area contributed by atoms with Crippen LogP contribution in [0, 0.1) is 27.7 Å². The van der Waals surface area contributed by atoms with Crippen LogP contribution in [0.1, 0.15) is 22.9 Å². The monoisotopic (exact) mass is 416 g/mol. The van der Waals surface area contributed by atoms with E-state index in [0.29, 0.717) is 5.82 Å². The molecule has 31 heavy (non-hydrogen) atoms. The third-order valence-corrected chi connectivity index (χ3v) is 5.53. The molecule has 5 aromatic rings. The maximum Gasteiger partial charge on any atom is 0.145 e. The van der Waals surface area contributed by atoms with E-state index < -0.39 is 0 Å². The van der Waals surface area contributed by atoms with Gasteiger partial charge in [-0.1, -0.05) is 0 Å². The lowest BCUT2D eigenvalue weighted by molar-refractivity contribution is 0.417. The van der Waals surface area contributed by atoms with Crippen LogP contribution in [-0.4, -0.2) is 42.0 Å². The molecule has 1 aromatic carbocycles. The predicted octanol–water partition coefficient (Wildman–Crippen LogP) is 4.22. The molecule has 3 N–H and O–H groups in total. The lowest BCUT2D eigenvalue weighted by Crippen LogP contribution is -2.03. The third kappa shape index (κ3) is 3.00. The van der Waals surface area contributed by atoms with Crippen molar-refractivity contribution in [3.05, 3.63) is 41.1 Å². The van der Waals surface area contributed by atoms with E-state index in [9.17, 15) is 0 Å². The molecule has 0 aliphatic carbocycles. The zero-order valence-electron chi connectivity index (χ0n) is 18.4. The fourth-order valence-electron chi connectivity index (χ4n) is 4.19. The number of aromatic nitrogens is 7. The summed E-state index contributed by atoms with van der Waals surface area (Å²) in [5, 5.41) is 17.1. The van der Waals surface area contributed by atoms with Gasteiger partial charge in [-0.2, -0.15) is 10.2 Å². The van der Waals surface area contributed by atoms with Crippen molar-refractivity contribution in [1.29, 1.82) is 0 Å². The second kappa shape index (κ2) is 6.83. The van der Waals surface area contributed by atoms with E-state index in [0.717, 1.165) is 67.5 Å². The van der Waals surface area contributed by atoms with Gasteiger partial charge in [0.1, 0.15) is 28.9 Å². The zero-order valence-corrected chi connectivity index (χ0v) is 18.4. The molecule has 0 bridgehead atoms. The molecule has 0 aliphatic heterocycles. The quantitative estimate of drug-likeness (QED) is 0.405. The van der Waals surface area contributed by atoms with Gasteiger partial charge in [-0.25, -0.2) is 9.97 Å². The van der Waals surface area contributed by atoms with Gasteiger partial charge in [-0.3, -0.25) is 9.78 Å². The molecule has 0 unspecified atom stereocenters. The summed E-state index contributed by atoms with van der Waals surface area (Å²) in [5.74, 6) is 3.03. The molecule has 0 saturated carbocycles. The van der Waals surface area contributed by atoms with Gasteiger partial charge in [-0.15, -0.1) is 0 Å². The Morgan fingerprint density at radius 3 is 2.52 bits per heavy atom. The molecular formula is C22H24N8O. The Balaban J connectivity index is 1.77. The van der Waals surface area contributed by atoms with Crippen molar-refractivity contribution in [2.24, 2.45) is 7.05 Å². The van der Waals surface area contributed by atoms with E-state index >= 15 is 0 Å². The minimum absolute atomic E-state index is 0.675. The summed E-state index contributed by atoms with van der Waals surface area (Å²) < 4.78 is 7.58. The first kappa shape index (κ1) is 19.1. The first-order valence-corrected chi connectivity index (χ1v) is 10.0. The van der Waals surface area contributed by atoms with Crippen LogP contribution in [0.25, 0.3) is 33.1 Å². The largest absolute Gasteiger partial charge is 0.496 e. The molecule has 4 aromatic heterocycles. The van der Waals surface area contributed by atoms with Crippen molar-refractivity contribution in [2.75, 3.05) is 12.4 Å². The van der Waals surface area contributed by atoms with Crippen LogP contribution < -0.4 is 10.1 Å². The molecular weight excluding hydrogens is 392 g/mol. The number of hydrogen-bond acceptors (Lipinski definition) is 6. The van der Waals surface area contributed by atoms with E-state index in [4.69, 9.17) is 4.74 Å². The molecule has 9 heteroatoms. The topological polar surface area (TPSA) is 109 Å². The second-order valence-electron chi connectivity index (χ2n) is 7.79. The van der Waals surface area contributed by atoms with E-state index in [1.807, 2.05) is 46.9 Å². The van der Waals surface area contributed by atoms with Gasteiger partial charge in [0.2, 0.25) is 0 Å². The van der Waals surface area contributed by atoms with Crippen LogP contribution >= 0.6 is 0 Å². The Hall–Kier alpha value is -3.88. The number of H-pyrrole nitrogens is 2. The molecule has 0 amide bonds. The molecule has 0 spiro atoms. The van der Waals surface area contributed by atoms with Crippen molar-refractivity contribution in [3.63, 3.8) is 0 Å². The molecule has 0 fully saturated rings. The van der Waals surface area contributed by atoms with Crippen molar-refractivity contribution < 1.29 is 4.74 Å². The minimum Gasteiger partial charge on any atom is -0.496 e.